The third kappa shape index (κ3) is 5.38. The zero-order valence-corrected chi connectivity index (χ0v) is 11.6. The summed E-state index contributed by atoms with van der Waals surface area (Å²) in [5.41, 5.74) is -0.0633. The molecule has 0 aromatic rings. The number of rotatable bonds is 5. The van der Waals surface area contributed by atoms with Gasteiger partial charge in [-0.3, -0.25) is 4.79 Å². The van der Waals surface area contributed by atoms with E-state index in [1.807, 2.05) is 20.8 Å². The summed E-state index contributed by atoms with van der Waals surface area (Å²) in [6.45, 7) is 8.24. The van der Waals surface area contributed by atoms with Crippen LogP contribution in [0.25, 0.3) is 0 Å². The third-order valence-corrected chi connectivity index (χ3v) is 3.14. The fraction of sp³-hybridized carbons (Fsp3) is 0.846. The summed E-state index contributed by atoms with van der Waals surface area (Å²) in [5.74, 6) is -0.849. The van der Waals surface area contributed by atoms with E-state index in [2.05, 4.69) is 17.6 Å². The minimum atomic E-state index is -0.856. The van der Waals surface area contributed by atoms with Crippen molar-refractivity contribution < 1.29 is 14.7 Å². The number of carboxylic acid groups (broad SMARTS) is 1. The molecule has 3 N–H and O–H groups in total. The number of hydrogen-bond acceptors (Lipinski definition) is 2. The monoisotopic (exact) mass is 256 g/mol. The van der Waals surface area contributed by atoms with Crippen molar-refractivity contribution in [1.82, 2.24) is 10.6 Å². The number of nitrogens with one attached hydrogen (secondary N) is 2. The SMILES string of the molecule is CC1CC1NC(=O)NCC(CC(C)(C)C)C(=O)O. The lowest BCUT2D eigenvalue weighted by Crippen LogP contribution is -2.41. The van der Waals surface area contributed by atoms with Crippen molar-refractivity contribution in [2.45, 2.75) is 46.6 Å². The van der Waals surface area contributed by atoms with Gasteiger partial charge in [-0.1, -0.05) is 27.7 Å². The van der Waals surface area contributed by atoms with E-state index in [1.165, 1.54) is 0 Å². The van der Waals surface area contributed by atoms with Crippen LogP contribution in [-0.2, 0) is 4.79 Å². The molecule has 1 fully saturated rings. The molecule has 0 saturated heterocycles. The van der Waals surface area contributed by atoms with Crippen LogP contribution in [0.5, 0.6) is 0 Å². The van der Waals surface area contributed by atoms with Gasteiger partial charge in [0.15, 0.2) is 0 Å². The summed E-state index contributed by atoms with van der Waals surface area (Å²) < 4.78 is 0. The van der Waals surface area contributed by atoms with Crippen molar-refractivity contribution in [3.8, 4) is 0 Å². The Balaban J connectivity index is 2.32. The molecular formula is C13H24N2O3. The third-order valence-electron chi connectivity index (χ3n) is 3.14. The summed E-state index contributed by atoms with van der Waals surface area (Å²) in [4.78, 5) is 22.6. The van der Waals surface area contributed by atoms with Crippen LogP contribution >= 0.6 is 0 Å². The molecule has 1 saturated carbocycles. The van der Waals surface area contributed by atoms with Crippen LogP contribution in [0, 0.1) is 17.3 Å². The minimum Gasteiger partial charge on any atom is -0.481 e. The predicted octanol–water partition coefficient (Wildman–Crippen LogP) is 1.83. The first-order chi connectivity index (χ1) is 8.19. The number of carbonyl (C=O) groups is 2. The Bertz CT molecular complexity index is 323. The molecule has 2 amide bonds. The van der Waals surface area contributed by atoms with E-state index in [-0.39, 0.29) is 24.0 Å². The molecule has 0 heterocycles. The molecule has 1 aliphatic rings. The molecule has 104 valence electrons. The lowest BCUT2D eigenvalue weighted by atomic mass is 9.84. The molecule has 18 heavy (non-hydrogen) atoms. The molecule has 0 aromatic heterocycles. The maximum absolute atomic E-state index is 11.5. The van der Waals surface area contributed by atoms with Crippen molar-refractivity contribution in [1.29, 1.82) is 0 Å². The van der Waals surface area contributed by atoms with Crippen molar-refractivity contribution in [2.75, 3.05) is 6.54 Å². The minimum absolute atomic E-state index is 0.0633. The highest BCUT2D eigenvalue weighted by molar-refractivity contribution is 5.76. The van der Waals surface area contributed by atoms with Gasteiger partial charge in [-0.15, -0.1) is 0 Å². The number of aliphatic carboxylic acids is 1. The van der Waals surface area contributed by atoms with Crippen molar-refractivity contribution in [3.05, 3.63) is 0 Å². The first-order valence-corrected chi connectivity index (χ1v) is 6.46. The Labute approximate surface area is 108 Å². The summed E-state index contributed by atoms with van der Waals surface area (Å²) in [6, 6.07) is 0.000373. The number of amides is 2. The van der Waals surface area contributed by atoms with Gasteiger partial charge in [-0.05, 0) is 24.2 Å². The summed E-state index contributed by atoms with van der Waals surface area (Å²) in [7, 11) is 0. The topological polar surface area (TPSA) is 78.4 Å². The molecule has 0 radical (unpaired) electrons. The second-order valence-corrected chi connectivity index (χ2v) is 6.47. The normalized spacial score (nSPS) is 24.2. The van der Waals surface area contributed by atoms with Crippen LogP contribution in [-0.4, -0.2) is 29.7 Å². The molecule has 5 heteroatoms. The van der Waals surface area contributed by atoms with Crippen LogP contribution in [0.2, 0.25) is 0 Å². The van der Waals surface area contributed by atoms with Gasteiger partial charge in [-0.25, -0.2) is 4.79 Å². The van der Waals surface area contributed by atoms with Crippen LogP contribution in [0.4, 0.5) is 4.79 Å². The van der Waals surface area contributed by atoms with Gasteiger partial charge in [0.2, 0.25) is 0 Å². The highest BCUT2D eigenvalue weighted by Crippen LogP contribution is 2.28. The van der Waals surface area contributed by atoms with E-state index < -0.39 is 11.9 Å². The Hall–Kier alpha value is -1.26. The van der Waals surface area contributed by atoms with E-state index >= 15 is 0 Å². The first-order valence-electron chi connectivity index (χ1n) is 6.46. The largest absolute Gasteiger partial charge is 0.481 e. The fourth-order valence-electron chi connectivity index (χ4n) is 1.94. The van der Waals surface area contributed by atoms with Gasteiger partial charge >= 0.3 is 12.0 Å². The Morgan fingerprint density at radius 2 is 1.94 bits per heavy atom. The molecule has 3 atom stereocenters. The predicted molar refractivity (Wildman–Crippen MR) is 69.3 cm³/mol. The number of carbonyl (C=O) groups excluding carboxylic acids is 1. The molecule has 0 bridgehead atoms. The zero-order chi connectivity index (χ0) is 13.9. The highest BCUT2D eigenvalue weighted by atomic mass is 16.4. The number of urea groups is 1. The molecule has 5 nitrogen and oxygen atoms in total. The molecule has 3 unspecified atom stereocenters. The van der Waals surface area contributed by atoms with Crippen LogP contribution in [0.3, 0.4) is 0 Å². The average molecular weight is 256 g/mol. The Kier molecular flexibility index (Phi) is 4.59. The lowest BCUT2D eigenvalue weighted by Gasteiger charge is -2.23. The van der Waals surface area contributed by atoms with Gasteiger partial charge in [0.1, 0.15) is 0 Å². The smallest absolute Gasteiger partial charge is 0.315 e. The van der Waals surface area contributed by atoms with Crippen molar-refractivity contribution in [3.63, 3.8) is 0 Å². The van der Waals surface area contributed by atoms with E-state index in [0.29, 0.717) is 12.3 Å². The molecule has 0 aromatic carbocycles. The fourth-order valence-corrected chi connectivity index (χ4v) is 1.94. The summed E-state index contributed by atoms with van der Waals surface area (Å²) >= 11 is 0. The molecular weight excluding hydrogens is 232 g/mol. The van der Waals surface area contributed by atoms with E-state index in [1.54, 1.807) is 0 Å². The number of hydrogen-bond donors (Lipinski definition) is 3. The van der Waals surface area contributed by atoms with Gasteiger partial charge in [-0.2, -0.15) is 0 Å². The highest BCUT2D eigenvalue weighted by Gasteiger charge is 2.34. The van der Waals surface area contributed by atoms with E-state index in [4.69, 9.17) is 5.11 Å². The Morgan fingerprint density at radius 3 is 2.33 bits per heavy atom. The van der Waals surface area contributed by atoms with Crippen LogP contribution < -0.4 is 10.6 Å². The Morgan fingerprint density at radius 1 is 1.39 bits per heavy atom. The molecule has 1 rings (SSSR count). The zero-order valence-electron chi connectivity index (χ0n) is 11.6. The van der Waals surface area contributed by atoms with E-state index in [0.717, 1.165) is 6.42 Å². The lowest BCUT2D eigenvalue weighted by molar-refractivity contribution is -0.142. The molecule has 0 aliphatic heterocycles. The molecule has 1 aliphatic carbocycles. The first kappa shape index (κ1) is 14.8. The second kappa shape index (κ2) is 5.59. The quantitative estimate of drug-likeness (QED) is 0.702. The van der Waals surface area contributed by atoms with Crippen molar-refractivity contribution >= 4 is 12.0 Å². The van der Waals surface area contributed by atoms with Gasteiger partial charge in [0.05, 0.1) is 5.92 Å². The van der Waals surface area contributed by atoms with Crippen molar-refractivity contribution in [2.24, 2.45) is 17.3 Å². The maximum Gasteiger partial charge on any atom is 0.315 e. The van der Waals surface area contributed by atoms with Crippen LogP contribution in [0.1, 0.15) is 40.5 Å². The maximum atomic E-state index is 11.5. The number of carboxylic acids is 1. The summed E-state index contributed by atoms with van der Waals surface area (Å²) in [5, 5.41) is 14.6. The van der Waals surface area contributed by atoms with Crippen LogP contribution in [0.15, 0.2) is 0 Å². The average Bonchev–Trinajstić information content (AvgIpc) is 2.86. The van der Waals surface area contributed by atoms with Gasteiger partial charge in [0, 0.05) is 12.6 Å². The van der Waals surface area contributed by atoms with E-state index in [9.17, 15) is 9.59 Å². The standard InChI is InChI=1S/C13H24N2O3/c1-8-5-10(8)15-12(18)14-7-9(11(16)17)6-13(2,3)4/h8-10H,5-7H2,1-4H3,(H,16,17)(H2,14,15,18). The van der Waals surface area contributed by atoms with Gasteiger partial charge in [0.25, 0.3) is 0 Å². The van der Waals surface area contributed by atoms with Gasteiger partial charge < -0.3 is 15.7 Å². The second-order valence-electron chi connectivity index (χ2n) is 6.47. The molecule has 0 spiro atoms. The summed E-state index contributed by atoms with van der Waals surface area (Å²) in [6.07, 6.45) is 1.56.